The van der Waals surface area contributed by atoms with Crippen LogP contribution in [0, 0.1) is 5.92 Å². The quantitative estimate of drug-likeness (QED) is 0.736. The van der Waals surface area contributed by atoms with E-state index in [1.54, 1.807) is 18.2 Å². The van der Waals surface area contributed by atoms with Crippen molar-refractivity contribution in [3.05, 3.63) is 33.3 Å². The van der Waals surface area contributed by atoms with Crippen molar-refractivity contribution in [1.82, 2.24) is 4.31 Å². The molecule has 0 bridgehead atoms. The third kappa shape index (κ3) is 4.52. The number of ketones is 1. The number of benzene rings is 1. The van der Waals surface area contributed by atoms with Gasteiger partial charge in [-0.3, -0.25) is 4.79 Å². The van der Waals surface area contributed by atoms with E-state index in [1.165, 1.54) is 10.6 Å². The van der Waals surface area contributed by atoms with Crippen molar-refractivity contribution < 1.29 is 13.2 Å². The number of nitrogens with zero attached hydrogens (tertiary/aromatic N) is 1. The number of Topliss-reactive ketones (excluding diaryl/α,β-unsaturated/α-hetero) is 1. The van der Waals surface area contributed by atoms with Crippen LogP contribution < -0.4 is 0 Å². The van der Waals surface area contributed by atoms with Crippen LogP contribution >= 0.6 is 27.5 Å². The maximum absolute atomic E-state index is 12.3. The first-order chi connectivity index (χ1) is 9.77. The molecule has 1 unspecified atom stereocenters. The zero-order chi connectivity index (χ0) is 15.6. The van der Waals surface area contributed by atoms with E-state index in [2.05, 4.69) is 15.9 Å². The Morgan fingerprint density at radius 1 is 1.48 bits per heavy atom. The van der Waals surface area contributed by atoms with Gasteiger partial charge in [-0.15, -0.1) is 0 Å². The van der Waals surface area contributed by atoms with Crippen molar-refractivity contribution in [3.8, 4) is 0 Å². The van der Waals surface area contributed by atoms with Crippen LogP contribution in [0.25, 0.3) is 0 Å². The topological polar surface area (TPSA) is 54.5 Å². The highest BCUT2D eigenvalue weighted by molar-refractivity contribution is 9.10. The van der Waals surface area contributed by atoms with Gasteiger partial charge in [-0.2, -0.15) is 0 Å². The molecule has 7 heteroatoms. The number of piperidine rings is 1. The largest absolute Gasteiger partial charge is 0.294 e. The Balaban J connectivity index is 2.03. The van der Waals surface area contributed by atoms with E-state index in [1.807, 2.05) is 0 Å². The van der Waals surface area contributed by atoms with Crippen LogP contribution in [0.5, 0.6) is 0 Å². The van der Waals surface area contributed by atoms with Crippen molar-refractivity contribution in [1.29, 1.82) is 0 Å². The molecule has 0 amide bonds. The second-order valence-electron chi connectivity index (χ2n) is 5.39. The van der Waals surface area contributed by atoms with E-state index in [0.717, 1.165) is 17.3 Å². The number of hydrogen-bond donors (Lipinski definition) is 0. The van der Waals surface area contributed by atoms with E-state index in [0.29, 0.717) is 30.1 Å². The normalized spacial score (nSPS) is 20.4. The van der Waals surface area contributed by atoms with Gasteiger partial charge in [-0.25, -0.2) is 12.7 Å². The van der Waals surface area contributed by atoms with Crippen molar-refractivity contribution in [2.45, 2.75) is 19.3 Å². The van der Waals surface area contributed by atoms with Crippen LogP contribution in [0.2, 0.25) is 5.02 Å². The minimum Gasteiger partial charge on any atom is -0.294 e. The molecule has 4 nitrogen and oxygen atoms in total. The molecule has 1 fully saturated rings. The van der Waals surface area contributed by atoms with Crippen LogP contribution in [0.1, 0.15) is 29.6 Å². The van der Waals surface area contributed by atoms with Crippen molar-refractivity contribution in [3.63, 3.8) is 0 Å². The molecule has 1 aromatic carbocycles. The van der Waals surface area contributed by atoms with Crippen LogP contribution in [0.4, 0.5) is 0 Å². The summed E-state index contributed by atoms with van der Waals surface area (Å²) < 4.78 is 25.4. The smallest absolute Gasteiger partial charge is 0.211 e. The summed E-state index contributed by atoms with van der Waals surface area (Å²) in [6, 6.07) is 5.12. The van der Waals surface area contributed by atoms with Crippen molar-refractivity contribution in [2.24, 2.45) is 5.92 Å². The summed E-state index contributed by atoms with van der Waals surface area (Å²) in [6.07, 6.45) is 3.24. The van der Waals surface area contributed by atoms with E-state index < -0.39 is 10.0 Å². The first-order valence-corrected chi connectivity index (χ1v) is 9.72. The fourth-order valence-corrected chi connectivity index (χ4v) is 3.91. The lowest BCUT2D eigenvalue weighted by Crippen LogP contribution is -2.39. The summed E-state index contributed by atoms with van der Waals surface area (Å²) in [5.41, 5.74) is 0.569. The molecule has 1 aliphatic rings. The van der Waals surface area contributed by atoms with Crippen LogP contribution in [-0.2, 0) is 10.0 Å². The first kappa shape index (κ1) is 16.9. The minimum absolute atomic E-state index is 0.00440. The third-order valence-corrected chi connectivity index (χ3v) is 6.17. The lowest BCUT2D eigenvalue weighted by atomic mass is 9.92. The van der Waals surface area contributed by atoms with E-state index in [9.17, 15) is 13.2 Å². The maximum Gasteiger partial charge on any atom is 0.211 e. The van der Waals surface area contributed by atoms with Crippen LogP contribution in [0.3, 0.4) is 0 Å². The average molecular weight is 395 g/mol. The zero-order valence-corrected chi connectivity index (χ0v) is 14.8. The standard InChI is InChI=1S/C14H17BrClNO3S/c1-21(19,20)17-6-2-3-10(9-17)7-14(18)11-4-5-12(15)13(16)8-11/h4-5,8,10H,2-3,6-7,9H2,1H3. The molecule has 1 saturated heterocycles. The fraction of sp³-hybridized carbons (Fsp3) is 0.500. The highest BCUT2D eigenvalue weighted by atomic mass is 79.9. The molecule has 1 heterocycles. The average Bonchev–Trinajstić information content (AvgIpc) is 2.41. The lowest BCUT2D eigenvalue weighted by Gasteiger charge is -2.30. The van der Waals surface area contributed by atoms with Gasteiger partial charge in [0.1, 0.15) is 0 Å². The SMILES string of the molecule is CS(=O)(=O)N1CCCC(CC(=O)c2ccc(Br)c(Cl)c2)C1. The van der Waals surface area contributed by atoms with Crippen molar-refractivity contribution >= 4 is 43.3 Å². The van der Waals surface area contributed by atoms with Gasteiger partial charge in [-0.05, 0) is 46.8 Å². The Morgan fingerprint density at radius 2 is 2.19 bits per heavy atom. The van der Waals surface area contributed by atoms with Gasteiger partial charge >= 0.3 is 0 Å². The third-order valence-electron chi connectivity index (χ3n) is 3.67. The van der Waals surface area contributed by atoms with E-state index in [4.69, 9.17) is 11.6 Å². The van der Waals surface area contributed by atoms with Gasteiger partial charge in [0.2, 0.25) is 10.0 Å². The molecule has 0 aromatic heterocycles. The molecular weight excluding hydrogens is 378 g/mol. The van der Waals surface area contributed by atoms with Gasteiger partial charge in [-0.1, -0.05) is 17.7 Å². The first-order valence-electron chi connectivity index (χ1n) is 6.71. The highest BCUT2D eigenvalue weighted by Gasteiger charge is 2.27. The minimum atomic E-state index is -3.18. The summed E-state index contributed by atoms with van der Waals surface area (Å²) in [5, 5.41) is 0.502. The Morgan fingerprint density at radius 3 is 2.81 bits per heavy atom. The molecule has 2 rings (SSSR count). The molecule has 1 atom stereocenters. The summed E-state index contributed by atoms with van der Waals surface area (Å²) in [5.74, 6) is 0.0770. The van der Waals surface area contributed by atoms with Crippen LogP contribution in [-0.4, -0.2) is 37.9 Å². The predicted molar refractivity (Wildman–Crippen MR) is 87.2 cm³/mol. The number of rotatable bonds is 4. The number of carbonyl (C=O) groups excluding carboxylic acids is 1. The van der Waals surface area contributed by atoms with Crippen LogP contribution in [0.15, 0.2) is 22.7 Å². The molecule has 0 saturated carbocycles. The van der Waals surface area contributed by atoms with Gasteiger partial charge in [0.05, 0.1) is 11.3 Å². The molecule has 0 radical (unpaired) electrons. The summed E-state index contributed by atoms with van der Waals surface area (Å²) in [7, 11) is -3.18. The number of halogens is 2. The van der Waals surface area contributed by atoms with Crippen molar-refractivity contribution in [2.75, 3.05) is 19.3 Å². The second-order valence-corrected chi connectivity index (χ2v) is 8.63. The Labute approximate surface area is 138 Å². The monoisotopic (exact) mass is 393 g/mol. The molecule has 21 heavy (non-hydrogen) atoms. The molecule has 0 aliphatic carbocycles. The predicted octanol–water partition coefficient (Wildman–Crippen LogP) is 3.35. The molecule has 0 N–H and O–H groups in total. The maximum atomic E-state index is 12.3. The fourth-order valence-electron chi connectivity index (χ4n) is 2.54. The second kappa shape index (κ2) is 6.77. The molecule has 0 spiro atoms. The Bertz CT molecular complexity index is 648. The Kier molecular flexibility index (Phi) is 5.46. The molecular formula is C14H17BrClNO3S. The molecule has 1 aromatic rings. The van der Waals surface area contributed by atoms with Gasteiger partial charge < -0.3 is 0 Å². The summed E-state index contributed by atoms with van der Waals surface area (Å²) in [4.78, 5) is 12.3. The molecule has 116 valence electrons. The number of hydrogen-bond acceptors (Lipinski definition) is 3. The number of carbonyl (C=O) groups is 1. The van der Waals surface area contributed by atoms with Gasteiger partial charge in [0.15, 0.2) is 5.78 Å². The lowest BCUT2D eigenvalue weighted by molar-refractivity contribution is 0.0942. The summed E-state index contributed by atoms with van der Waals surface area (Å²) in [6.45, 7) is 0.975. The number of sulfonamides is 1. The van der Waals surface area contributed by atoms with Gasteiger partial charge in [0.25, 0.3) is 0 Å². The Hall–Kier alpha value is -0.430. The van der Waals surface area contributed by atoms with E-state index in [-0.39, 0.29) is 11.7 Å². The highest BCUT2D eigenvalue weighted by Crippen LogP contribution is 2.26. The van der Waals surface area contributed by atoms with Gasteiger partial charge in [0, 0.05) is 29.5 Å². The zero-order valence-electron chi connectivity index (χ0n) is 11.7. The van der Waals surface area contributed by atoms with E-state index >= 15 is 0 Å². The molecule has 1 aliphatic heterocycles. The summed E-state index contributed by atoms with van der Waals surface area (Å²) >= 11 is 9.29.